The summed E-state index contributed by atoms with van der Waals surface area (Å²) in [6.45, 7) is 1.94. The Morgan fingerprint density at radius 2 is 1.91 bits per heavy atom. The van der Waals surface area contributed by atoms with Gasteiger partial charge in [0.2, 0.25) is 6.79 Å². The van der Waals surface area contributed by atoms with Gasteiger partial charge in [0.1, 0.15) is 5.82 Å². The van der Waals surface area contributed by atoms with Gasteiger partial charge in [-0.1, -0.05) is 0 Å². The van der Waals surface area contributed by atoms with Crippen LogP contribution in [-0.2, 0) is 0 Å². The summed E-state index contributed by atoms with van der Waals surface area (Å²) in [4.78, 5) is 18.5. The van der Waals surface area contributed by atoms with Gasteiger partial charge in [-0.15, -0.1) is 0 Å². The molecule has 2 aromatic rings. The third kappa shape index (κ3) is 2.79. The minimum Gasteiger partial charge on any atom is -0.454 e. The van der Waals surface area contributed by atoms with Gasteiger partial charge in [-0.2, -0.15) is 0 Å². The Morgan fingerprint density at radius 3 is 2.70 bits per heavy atom. The zero-order valence-corrected chi connectivity index (χ0v) is 12.6. The summed E-state index contributed by atoms with van der Waals surface area (Å²) >= 11 is 0. The van der Waals surface area contributed by atoms with E-state index in [0.29, 0.717) is 11.4 Å². The van der Waals surface area contributed by atoms with E-state index < -0.39 is 0 Å². The first kappa shape index (κ1) is 13.9. The number of likely N-dealkylation sites (tertiary alicyclic amines) is 1. The molecule has 6 nitrogen and oxygen atoms in total. The highest BCUT2D eigenvalue weighted by molar-refractivity contribution is 5.94. The lowest BCUT2D eigenvalue weighted by atomic mass is 10.2. The number of anilines is 2. The highest BCUT2D eigenvalue weighted by Crippen LogP contribution is 2.34. The van der Waals surface area contributed by atoms with Gasteiger partial charge in [0.15, 0.2) is 11.5 Å². The Labute approximate surface area is 134 Å². The molecule has 1 N–H and O–H groups in total. The van der Waals surface area contributed by atoms with E-state index in [9.17, 15) is 4.79 Å². The largest absolute Gasteiger partial charge is 0.454 e. The summed E-state index contributed by atoms with van der Waals surface area (Å²) in [5, 5.41) is 3.20. The van der Waals surface area contributed by atoms with Crippen molar-refractivity contribution < 1.29 is 14.3 Å². The fraction of sp³-hybridized carbons (Fsp3) is 0.294. The molecular weight excluding hydrogens is 294 g/mol. The second-order valence-corrected chi connectivity index (χ2v) is 5.62. The number of rotatable bonds is 3. The maximum absolute atomic E-state index is 12.3. The fourth-order valence-corrected chi connectivity index (χ4v) is 2.82. The number of hydrogen-bond acceptors (Lipinski definition) is 5. The van der Waals surface area contributed by atoms with E-state index in [1.807, 2.05) is 35.2 Å². The van der Waals surface area contributed by atoms with E-state index >= 15 is 0 Å². The van der Waals surface area contributed by atoms with E-state index in [1.54, 1.807) is 6.20 Å². The highest BCUT2D eigenvalue weighted by atomic mass is 16.7. The molecule has 118 valence electrons. The summed E-state index contributed by atoms with van der Waals surface area (Å²) in [6.07, 6.45) is 3.79. The van der Waals surface area contributed by atoms with E-state index in [-0.39, 0.29) is 12.7 Å². The summed E-state index contributed by atoms with van der Waals surface area (Å²) in [6, 6.07) is 9.25. The van der Waals surface area contributed by atoms with Crippen LogP contribution in [0.2, 0.25) is 0 Å². The SMILES string of the molecule is O=C(c1ccc(Nc2ccc3c(c2)OCO3)nc1)N1CCCC1. The van der Waals surface area contributed by atoms with Gasteiger partial charge in [-0.25, -0.2) is 4.98 Å². The van der Waals surface area contributed by atoms with Crippen LogP contribution < -0.4 is 14.8 Å². The topological polar surface area (TPSA) is 63.7 Å². The molecule has 0 atom stereocenters. The van der Waals surface area contributed by atoms with Crippen LogP contribution in [0.15, 0.2) is 36.5 Å². The molecule has 3 heterocycles. The summed E-state index contributed by atoms with van der Waals surface area (Å²) in [5.41, 5.74) is 1.49. The van der Waals surface area contributed by atoms with Crippen LogP contribution in [0.3, 0.4) is 0 Å². The van der Waals surface area contributed by atoms with Crippen LogP contribution >= 0.6 is 0 Å². The van der Waals surface area contributed by atoms with Crippen LogP contribution in [0.25, 0.3) is 0 Å². The molecule has 1 fully saturated rings. The van der Waals surface area contributed by atoms with Gasteiger partial charge in [0.25, 0.3) is 5.91 Å². The van der Waals surface area contributed by atoms with Gasteiger partial charge in [0, 0.05) is 31.0 Å². The number of carbonyl (C=O) groups is 1. The minimum atomic E-state index is 0.0598. The average Bonchev–Trinajstić information content (AvgIpc) is 3.26. The van der Waals surface area contributed by atoms with Crippen LogP contribution in [0.5, 0.6) is 11.5 Å². The average molecular weight is 311 g/mol. The second kappa shape index (κ2) is 5.79. The summed E-state index contributed by atoms with van der Waals surface area (Å²) in [7, 11) is 0. The molecule has 6 heteroatoms. The molecule has 0 bridgehead atoms. The van der Waals surface area contributed by atoms with E-state index in [4.69, 9.17) is 9.47 Å². The molecule has 1 aromatic carbocycles. The molecule has 4 rings (SSSR count). The summed E-state index contributed by atoms with van der Waals surface area (Å²) < 4.78 is 10.6. The van der Waals surface area contributed by atoms with Crippen molar-refractivity contribution in [3.8, 4) is 11.5 Å². The highest BCUT2D eigenvalue weighted by Gasteiger charge is 2.19. The van der Waals surface area contributed by atoms with Crippen LogP contribution in [0.1, 0.15) is 23.2 Å². The molecule has 0 unspecified atom stereocenters. The summed E-state index contributed by atoms with van der Waals surface area (Å²) in [5.74, 6) is 2.21. The van der Waals surface area contributed by atoms with Crippen LogP contribution in [-0.4, -0.2) is 35.7 Å². The lowest BCUT2D eigenvalue weighted by Gasteiger charge is -2.15. The predicted molar refractivity (Wildman–Crippen MR) is 85.2 cm³/mol. The monoisotopic (exact) mass is 311 g/mol. The quantitative estimate of drug-likeness (QED) is 0.944. The van der Waals surface area contributed by atoms with Crippen molar-refractivity contribution in [2.75, 3.05) is 25.2 Å². The van der Waals surface area contributed by atoms with E-state index in [0.717, 1.165) is 43.1 Å². The molecule has 2 aliphatic heterocycles. The number of pyridine rings is 1. The molecule has 23 heavy (non-hydrogen) atoms. The second-order valence-electron chi connectivity index (χ2n) is 5.62. The molecule has 1 saturated heterocycles. The van der Waals surface area contributed by atoms with Crippen LogP contribution in [0, 0.1) is 0 Å². The van der Waals surface area contributed by atoms with E-state index in [2.05, 4.69) is 10.3 Å². The molecule has 0 spiro atoms. The first-order chi connectivity index (χ1) is 11.3. The third-order valence-corrected chi connectivity index (χ3v) is 4.05. The predicted octanol–water partition coefficient (Wildman–Crippen LogP) is 2.79. The maximum Gasteiger partial charge on any atom is 0.255 e. The van der Waals surface area contributed by atoms with Gasteiger partial charge < -0.3 is 19.7 Å². The number of fused-ring (bicyclic) bond motifs is 1. The number of benzene rings is 1. The lowest BCUT2D eigenvalue weighted by molar-refractivity contribution is 0.0792. The molecule has 0 radical (unpaired) electrons. The van der Waals surface area contributed by atoms with Gasteiger partial charge in [-0.3, -0.25) is 4.79 Å². The number of amides is 1. The Balaban J connectivity index is 1.46. The lowest BCUT2D eigenvalue weighted by Crippen LogP contribution is -2.27. The zero-order valence-electron chi connectivity index (χ0n) is 12.6. The minimum absolute atomic E-state index is 0.0598. The van der Waals surface area contributed by atoms with E-state index in [1.165, 1.54) is 0 Å². The van der Waals surface area contributed by atoms with Gasteiger partial charge in [0.05, 0.1) is 5.56 Å². The Bertz CT molecular complexity index is 724. The Hall–Kier alpha value is -2.76. The number of hydrogen-bond donors (Lipinski definition) is 1. The van der Waals surface area contributed by atoms with Crippen molar-refractivity contribution in [1.82, 2.24) is 9.88 Å². The molecule has 0 aliphatic carbocycles. The Morgan fingerprint density at radius 1 is 1.09 bits per heavy atom. The molecule has 0 saturated carbocycles. The molecular formula is C17H17N3O3. The molecule has 1 aromatic heterocycles. The van der Waals surface area contributed by atoms with Crippen molar-refractivity contribution in [3.05, 3.63) is 42.1 Å². The number of carbonyl (C=O) groups excluding carboxylic acids is 1. The fourth-order valence-electron chi connectivity index (χ4n) is 2.82. The van der Waals surface area contributed by atoms with Crippen molar-refractivity contribution in [2.24, 2.45) is 0 Å². The zero-order chi connectivity index (χ0) is 15.6. The van der Waals surface area contributed by atoms with Crippen molar-refractivity contribution >= 4 is 17.4 Å². The number of nitrogens with one attached hydrogen (secondary N) is 1. The van der Waals surface area contributed by atoms with Crippen molar-refractivity contribution in [1.29, 1.82) is 0 Å². The smallest absolute Gasteiger partial charge is 0.255 e. The van der Waals surface area contributed by atoms with Crippen molar-refractivity contribution in [2.45, 2.75) is 12.8 Å². The number of aromatic nitrogens is 1. The first-order valence-corrected chi connectivity index (χ1v) is 7.71. The number of nitrogens with zero attached hydrogens (tertiary/aromatic N) is 2. The first-order valence-electron chi connectivity index (χ1n) is 7.71. The normalized spacial score (nSPS) is 15.7. The van der Waals surface area contributed by atoms with Crippen molar-refractivity contribution in [3.63, 3.8) is 0 Å². The van der Waals surface area contributed by atoms with Gasteiger partial charge in [-0.05, 0) is 37.1 Å². The third-order valence-electron chi connectivity index (χ3n) is 4.05. The number of ether oxygens (including phenoxy) is 2. The molecule has 1 amide bonds. The van der Waals surface area contributed by atoms with Crippen LogP contribution in [0.4, 0.5) is 11.5 Å². The van der Waals surface area contributed by atoms with Gasteiger partial charge >= 0.3 is 0 Å². The molecule has 2 aliphatic rings. The Kier molecular flexibility index (Phi) is 3.49. The maximum atomic E-state index is 12.3. The standard InChI is InChI=1S/C17H17N3O3/c21-17(20-7-1-2-8-20)12-3-6-16(18-10-12)19-13-4-5-14-15(9-13)23-11-22-14/h3-6,9-10H,1-2,7-8,11H2,(H,18,19).